The van der Waals surface area contributed by atoms with Crippen LogP contribution in [0.2, 0.25) is 0 Å². The molecular formula is C10H12N2OS2. The fourth-order valence-electron chi connectivity index (χ4n) is 1.54. The fraction of sp³-hybridized carbons (Fsp3) is 0.300. The summed E-state index contributed by atoms with van der Waals surface area (Å²) in [6, 6.07) is 6.06. The second-order valence-electron chi connectivity index (χ2n) is 3.29. The smallest absolute Gasteiger partial charge is 0.197 e. The van der Waals surface area contributed by atoms with Gasteiger partial charge in [-0.2, -0.15) is 0 Å². The van der Waals surface area contributed by atoms with Crippen molar-refractivity contribution in [2.75, 3.05) is 0 Å². The van der Waals surface area contributed by atoms with Gasteiger partial charge in [0.05, 0.1) is 10.2 Å². The van der Waals surface area contributed by atoms with Crippen LogP contribution in [0.15, 0.2) is 22.5 Å². The van der Waals surface area contributed by atoms with E-state index in [1.807, 2.05) is 12.1 Å². The topological polar surface area (TPSA) is 56.0 Å². The van der Waals surface area contributed by atoms with Gasteiger partial charge in [0.15, 0.2) is 15.3 Å². The van der Waals surface area contributed by atoms with Gasteiger partial charge in [-0.1, -0.05) is 25.5 Å². The van der Waals surface area contributed by atoms with Gasteiger partial charge in [-0.25, -0.2) is 14.3 Å². The summed E-state index contributed by atoms with van der Waals surface area (Å²) in [6.07, 6.45) is 2.08. The van der Waals surface area contributed by atoms with Gasteiger partial charge in [-0.15, -0.1) is 11.3 Å². The van der Waals surface area contributed by atoms with Crippen LogP contribution >= 0.6 is 11.3 Å². The third kappa shape index (κ3) is 2.09. The molecule has 5 heteroatoms. The molecule has 0 spiro atoms. The molecule has 15 heavy (non-hydrogen) atoms. The molecule has 2 aromatic rings. The molecule has 0 aliphatic rings. The Morgan fingerprint density at radius 3 is 3.00 bits per heavy atom. The largest absolute Gasteiger partial charge is 0.246 e. The second-order valence-corrected chi connectivity index (χ2v) is 5.56. The van der Waals surface area contributed by atoms with E-state index >= 15 is 0 Å². The van der Waals surface area contributed by atoms with Crippen molar-refractivity contribution in [1.29, 1.82) is 0 Å². The molecule has 0 saturated carbocycles. The Labute approximate surface area is 94.9 Å². The van der Waals surface area contributed by atoms with Gasteiger partial charge in [0.1, 0.15) is 0 Å². The zero-order chi connectivity index (χ0) is 10.8. The van der Waals surface area contributed by atoms with Crippen LogP contribution in [0, 0.1) is 0 Å². The number of nitrogens with zero attached hydrogens (tertiary/aromatic N) is 1. The van der Waals surface area contributed by atoms with Crippen LogP contribution in [0.1, 0.15) is 18.9 Å². The number of para-hydroxylation sites is 1. The second kappa shape index (κ2) is 4.38. The quantitative estimate of drug-likeness (QED) is 0.894. The maximum atomic E-state index is 11.1. The van der Waals surface area contributed by atoms with Crippen LogP contribution < -0.4 is 5.14 Å². The summed E-state index contributed by atoms with van der Waals surface area (Å²) in [5.74, 6) is 0. The van der Waals surface area contributed by atoms with E-state index in [-0.39, 0.29) is 0 Å². The highest BCUT2D eigenvalue weighted by Gasteiger charge is 2.09. The van der Waals surface area contributed by atoms with Crippen molar-refractivity contribution in [2.45, 2.75) is 24.1 Å². The van der Waals surface area contributed by atoms with E-state index in [4.69, 9.17) is 5.14 Å². The lowest BCUT2D eigenvalue weighted by atomic mass is 10.1. The number of thiazole rings is 1. The van der Waals surface area contributed by atoms with Crippen molar-refractivity contribution in [1.82, 2.24) is 4.98 Å². The minimum Gasteiger partial charge on any atom is -0.246 e. The fourth-order valence-corrected chi connectivity index (χ4v) is 3.07. The van der Waals surface area contributed by atoms with Gasteiger partial charge < -0.3 is 0 Å². The Morgan fingerprint density at radius 2 is 2.33 bits per heavy atom. The van der Waals surface area contributed by atoms with Crippen molar-refractivity contribution >= 4 is 32.5 Å². The van der Waals surface area contributed by atoms with Gasteiger partial charge >= 0.3 is 0 Å². The van der Waals surface area contributed by atoms with Gasteiger partial charge in [-0.3, -0.25) is 0 Å². The summed E-state index contributed by atoms with van der Waals surface area (Å²) >= 11 is 1.41. The molecule has 0 aliphatic carbocycles. The lowest BCUT2D eigenvalue weighted by Gasteiger charge is -1.98. The first kappa shape index (κ1) is 10.7. The third-order valence-electron chi connectivity index (χ3n) is 2.17. The first-order valence-electron chi connectivity index (χ1n) is 4.77. The highest BCUT2D eigenvalue weighted by Crippen LogP contribution is 2.26. The molecule has 1 heterocycles. The maximum absolute atomic E-state index is 11.1. The number of nitrogens with two attached hydrogens (primary N) is 1. The number of aromatic nitrogens is 1. The molecule has 1 aromatic heterocycles. The van der Waals surface area contributed by atoms with Crippen LogP contribution in [-0.2, 0) is 17.4 Å². The Hall–Kier alpha value is -0.780. The molecule has 1 atom stereocenters. The van der Waals surface area contributed by atoms with Crippen LogP contribution in [0.3, 0.4) is 0 Å². The molecule has 0 fully saturated rings. The summed E-state index contributed by atoms with van der Waals surface area (Å²) in [6.45, 7) is 2.13. The molecule has 0 bridgehead atoms. The van der Waals surface area contributed by atoms with Crippen LogP contribution in [-0.4, -0.2) is 9.19 Å². The Balaban J connectivity index is 2.59. The highest BCUT2D eigenvalue weighted by atomic mass is 32.2. The van der Waals surface area contributed by atoms with Crippen molar-refractivity contribution in [3.05, 3.63) is 23.8 Å². The van der Waals surface area contributed by atoms with Crippen LogP contribution in [0.5, 0.6) is 0 Å². The van der Waals surface area contributed by atoms with E-state index in [9.17, 15) is 4.21 Å². The van der Waals surface area contributed by atoms with E-state index in [0.717, 1.165) is 23.1 Å². The lowest BCUT2D eigenvalue weighted by molar-refractivity contribution is 0.684. The van der Waals surface area contributed by atoms with Crippen molar-refractivity contribution in [3.63, 3.8) is 0 Å². The van der Waals surface area contributed by atoms with Gasteiger partial charge in [0.25, 0.3) is 0 Å². The predicted octanol–water partition coefficient (Wildman–Crippen LogP) is 2.23. The number of fused-ring (bicyclic) bond motifs is 1. The lowest BCUT2D eigenvalue weighted by Crippen LogP contribution is -2.01. The van der Waals surface area contributed by atoms with E-state index in [2.05, 4.69) is 18.0 Å². The first-order chi connectivity index (χ1) is 7.22. The molecule has 80 valence electrons. The number of benzene rings is 1. The molecule has 0 radical (unpaired) electrons. The standard InChI is InChI=1S/C10H12N2OS2/c1-2-4-7-5-3-6-8-9(7)12-10(14-8)15(11)13/h3,5-6H,2,4,11H2,1H3. The Bertz CT molecular complexity index is 507. The molecule has 2 rings (SSSR count). The van der Waals surface area contributed by atoms with E-state index in [0.29, 0.717) is 4.34 Å². The first-order valence-corrected chi connectivity index (χ1v) is 6.80. The number of hydrogen-bond acceptors (Lipinski definition) is 3. The summed E-state index contributed by atoms with van der Waals surface area (Å²) < 4.78 is 12.7. The maximum Gasteiger partial charge on any atom is 0.197 e. The Kier molecular flexibility index (Phi) is 3.14. The molecule has 3 nitrogen and oxygen atoms in total. The average molecular weight is 240 g/mol. The van der Waals surface area contributed by atoms with Gasteiger partial charge in [0.2, 0.25) is 0 Å². The Morgan fingerprint density at radius 1 is 1.53 bits per heavy atom. The molecule has 0 aliphatic heterocycles. The predicted molar refractivity (Wildman–Crippen MR) is 64.2 cm³/mol. The zero-order valence-electron chi connectivity index (χ0n) is 8.40. The number of hydrogen-bond donors (Lipinski definition) is 1. The monoisotopic (exact) mass is 240 g/mol. The van der Waals surface area contributed by atoms with Crippen molar-refractivity contribution < 1.29 is 4.21 Å². The third-order valence-corrected chi connectivity index (χ3v) is 4.17. The van der Waals surface area contributed by atoms with E-state index in [1.165, 1.54) is 16.9 Å². The van der Waals surface area contributed by atoms with Crippen LogP contribution in [0.25, 0.3) is 10.2 Å². The van der Waals surface area contributed by atoms with Gasteiger partial charge in [0, 0.05) is 0 Å². The van der Waals surface area contributed by atoms with E-state index in [1.54, 1.807) is 0 Å². The summed E-state index contributed by atoms with van der Waals surface area (Å²) in [4.78, 5) is 4.32. The minimum atomic E-state index is -1.47. The molecule has 2 N–H and O–H groups in total. The molecular weight excluding hydrogens is 228 g/mol. The van der Waals surface area contributed by atoms with Crippen LogP contribution in [0.4, 0.5) is 0 Å². The SMILES string of the molecule is CCCc1cccc2sc(S(N)=O)nc12. The van der Waals surface area contributed by atoms with Gasteiger partial charge in [-0.05, 0) is 18.1 Å². The summed E-state index contributed by atoms with van der Waals surface area (Å²) in [7, 11) is -1.47. The highest BCUT2D eigenvalue weighted by molar-refractivity contribution is 7.85. The molecule has 0 saturated heterocycles. The average Bonchev–Trinajstić information content (AvgIpc) is 2.63. The molecule has 1 aromatic carbocycles. The van der Waals surface area contributed by atoms with E-state index < -0.39 is 11.0 Å². The summed E-state index contributed by atoms with van der Waals surface area (Å²) in [5, 5.41) is 5.32. The van der Waals surface area contributed by atoms with Crippen molar-refractivity contribution in [3.8, 4) is 0 Å². The molecule has 1 unspecified atom stereocenters. The zero-order valence-corrected chi connectivity index (χ0v) is 10.0. The molecule has 0 amide bonds. The van der Waals surface area contributed by atoms with Crippen molar-refractivity contribution in [2.24, 2.45) is 5.14 Å². The summed E-state index contributed by atoms with van der Waals surface area (Å²) in [5.41, 5.74) is 2.17. The number of aryl methyl sites for hydroxylation is 1. The minimum absolute atomic E-state index is 0.508. The number of rotatable bonds is 3. The normalized spacial score (nSPS) is 13.2.